The fourth-order valence-electron chi connectivity index (χ4n) is 3.83. The number of urea groups is 1. The Morgan fingerprint density at radius 3 is 2.44 bits per heavy atom. The molecule has 3 N–H and O–H groups in total. The van der Waals surface area contributed by atoms with Crippen molar-refractivity contribution >= 4 is 11.7 Å². The maximum atomic E-state index is 11.2. The van der Waals surface area contributed by atoms with Gasteiger partial charge in [-0.25, -0.2) is 4.79 Å². The molecule has 25 heavy (non-hydrogen) atoms. The molecule has 3 rings (SSSR count). The van der Waals surface area contributed by atoms with Crippen LogP contribution in [0.4, 0.5) is 10.5 Å². The molecule has 2 amide bonds. The Labute approximate surface area is 150 Å². The number of likely N-dealkylation sites (tertiary alicyclic amines) is 1. The standard InChI is InChI=1S/C19H31N5O/c1-2-22-11-13-23(14-12-22)18-6-4-3-5-16(18)15-21-17-7-9-24(10-8-17)19(20)25/h3-6,17,21H,2,7-15H2,1H3,(H2,20,25). The van der Waals surface area contributed by atoms with Gasteiger partial charge in [0, 0.05) is 57.5 Å². The van der Waals surface area contributed by atoms with Gasteiger partial charge in [0.15, 0.2) is 0 Å². The van der Waals surface area contributed by atoms with E-state index in [1.807, 2.05) is 0 Å². The van der Waals surface area contributed by atoms with E-state index >= 15 is 0 Å². The van der Waals surface area contributed by atoms with Crippen LogP contribution in [0.1, 0.15) is 25.3 Å². The fraction of sp³-hybridized carbons (Fsp3) is 0.632. The summed E-state index contributed by atoms with van der Waals surface area (Å²) in [5.41, 5.74) is 8.08. The number of carbonyl (C=O) groups is 1. The number of piperidine rings is 1. The number of hydrogen-bond acceptors (Lipinski definition) is 4. The molecule has 0 saturated carbocycles. The van der Waals surface area contributed by atoms with Gasteiger partial charge in [-0.15, -0.1) is 0 Å². The summed E-state index contributed by atoms with van der Waals surface area (Å²) in [7, 11) is 0. The zero-order chi connectivity index (χ0) is 17.6. The summed E-state index contributed by atoms with van der Waals surface area (Å²) in [6, 6.07) is 8.90. The molecular formula is C19H31N5O. The highest BCUT2D eigenvalue weighted by Gasteiger charge is 2.22. The van der Waals surface area contributed by atoms with Gasteiger partial charge in [0.25, 0.3) is 0 Å². The van der Waals surface area contributed by atoms with E-state index in [1.54, 1.807) is 4.90 Å². The van der Waals surface area contributed by atoms with Gasteiger partial charge >= 0.3 is 6.03 Å². The van der Waals surface area contributed by atoms with Gasteiger partial charge in [0.1, 0.15) is 0 Å². The Bertz CT molecular complexity index is 563. The maximum absolute atomic E-state index is 11.2. The molecule has 2 heterocycles. The first-order valence-corrected chi connectivity index (χ1v) is 9.50. The van der Waals surface area contributed by atoms with Crippen molar-refractivity contribution in [3.05, 3.63) is 29.8 Å². The van der Waals surface area contributed by atoms with Crippen LogP contribution < -0.4 is 16.0 Å². The number of rotatable bonds is 5. The Morgan fingerprint density at radius 2 is 1.80 bits per heavy atom. The normalized spacial score (nSPS) is 20.0. The van der Waals surface area contributed by atoms with Crippen molar-refractivity contribution in [2.45, 2.75) is 32.4 Å². The summed E-state index contributed by atoms with van der Waals surface area (Å²) >= 11 is 0. The number of carbonyl (C=O) groups excluding carboxylic acids is 1. The van der Waals surface area contributed by atoms with E-state index < -0.39 is 0 Å². The van der Waals surface area contributed by atoms with Crippen molar-refractivity contribution < 1.29 is 4.79 Å². The van der Waals surface area contributed by atoms with Crippen molar-refractivity contribution in [1.29, 1.82) is 0 Å². The topological polar surface area (TPSA) is 64.8 Å². The largest absolute Gasteiger partial charge is 0.369 e. The van der Waals surface area contributed by atoms with Crippen LogP contribution in [-0.2, 0) is 6.54 Å². The number of amides is 2. The number of para-hydroxylation sites is 1. The van der Waals surface area contributed by atoms with E-state index in [1.165, 1.54) is 11.3 Å². The zero-order valence-electron chi connectivity index (χ0n) is 15.3. The monoisotopic (exact) mass is 345 g/mol. The lowest BCUT2D eigenvalue weighted by molar-refractivity contribution is 0.185. The third kappa shape index (κ3) is 4.64. The summed E-state index contributed by atoms with van der Waals surface area (Å²) in [5.74, 6) is 0. The molecule has 0 bridgehead atoms. The molecule has 2 aliphatic rings. The average Bonchev–Trinajstić information content (AvgIpc) is 2.67. The van der Waals surface area contributed by atoms with Gasteiger partial charge in [-0.1, -0.05) is 25.1 Å². The Hall–Kier alpha value is -1.79. The molecule has 2 saturated heterocycles. The van der Waals surface area contributed by atoms with Crippen LogP contribution in [0.15, 0.2) is 24.3 Å². The van der Waals surface area contributed by atoms with Crippen molar-refractivity contribution in [2.75, 3.05) is 50.7 Å². The van der Waals surface area contributed by atoms with Crippen LogP contribution in [0.25, 0.3) is 0 Å². The number of anilines is 1. The summed E-state index contributed by atoms with van der Waals surface area (Å²) in [5, 5.41) is 3.68. The van der Waals surface area contributed by atoms with Gasteiger partial charge in [0.05, 0.1) is 0 Å². The molecular weight excluding hydrogens is 314 g/mol. The number of benzene rings is 1. The summed E-state index contributed by atoms with van der Waals surface area (Å²) in [6.45, 7) is 10.3. The summed E-state index contributed by atoms with van der Waals surface area (Å²) < 4.78 is 0. The number of nitrogens with two attached hydrogens (primary N) is 1. The molecule has 0 atom stereocenters. The van der Waals surface area contributed by atoms with Gasteiger partial charge in [0.2, 0.25) is 0 Å². The lowest BCUT2D eigenvalue weighted by atomic mass is 10.0. The van der Waals surface area contributed by atoms with Crippen LogP contribution in [0.2, 0.25) is 0 Å². The highest BCUT2D eigenvalue weighted by Crippen LogP contribution is 2.22. The third-order valence-corrected chi connectivity index (χ3v) is 5.54. The summed E-state index contributed by atoms with van der Waals surface area (Å²) in [4.78, 5) is 18.0. The number of piperazine rings is 1. The van der Waals surface area contributed by atoms with Gasteiger partial charge < -0.3 is 25.8 Å². The second-order valence-electron chi connectivity index (χ2n) is 7.03. The molecule has 0 aliphatic carbocycles. The first kappa shape index (κ1) is 18.0. The minimum atomic E-state index is -0.296. The Balaban J connectivity index is 1.54. The highest BCUT2D eigenvalue weighted by molar-refractivity contribution is 5.72. The number of hydrogen-bond donors (Lipinski definition) is 2. The molecule has 1 aromatic carbocycles. The molecule has 0 spiro atoms. The Kier molecular flexibility index (Phi) is 6.15. The molecule has 2 aliphatic heterocycles. The first-order chi connectivity index (χ1) is 12.2. The van der Waals surface area contributed by atoms with Gasteiger partial charge in [-0.3, -0.25) is 0 Å². The average molecular weight is 345 g/mol. The fourth-order valence-corrected chi connectivity index (χ4v) is 3.83. The van der Waals surface area contributed by atoms with Gasteiger partial charge in [-0.05, 0) is 31.0 Å². The minimum Gasteiger partial charge on any atom is -0.369 e. The van der Waals surface area contributed by atoms with Crippen molar-refractivity contribution in [1.82, 2.24) is 15.1 Å². The molecule has 0 aromatic heterocycles. The molecule has 2 fully saturated rings. The molecule has 0 unspecified atom stereocenters. The van der Waals surface area contributed by atoms with Crippen LogP contribution in [0, 0.1) is 0 Å². The number of nitrogens with one attached hydrogen (secondary N) is 1. The SMILES string of the molecule is CCN1CCN(c2ccccc2CNC2CCN(C(N)=O)CC2)CC1. The Morgan fingerprint density at radius 1 is 1.12 bits per heavy atom. The molecule has 0 radical (unpaired) electrons. The lowest BCUT2D eigenvalue weighted by Crippen LogP contribution is -2.47. The quantitative estimate of drug-likeness (QED) is 0.848. The van der Waals surface area contributed by atoms with Gasteiger partial charge in [-0.2, -0.15) is 0 Å². The maximum Gasteiger partial charge on any atom is 0.314 e. The second-order valence-corrected chi connectivity index (χ2v) is 7.03. The predicted octanol–water partition coefficient (Wildman–Crippen LogP) is 1.46. The lowest BCUT2D eigenvalue weighted by Gasteiger charge is -2.37. The van der Waals surface area contributed by atoms with E-state index in [2.05, 4.69) is 46.3 Å². The van der Waals surface area contributed by atoms with Crippen molar-refractivity contribution in [3.63, 3.8) is 0 Å². The third-order valence-electron chi connectivity index (χ3n) is 5.54. The smallest absolute Gasteiger partial charge is 0.314 e. The minimum absolute atomic E-state index is 0.296. The first-order valence-electron chi connectivity index (χ1n) is 9.50. The van der Waals surface area contributed by atoms with E-state index in [4.69, 9.17) is 5.73 Å². The van der Waals surface area contributed by atoms with E-state index in [0.717, 1.165) is 65.2 Å². The van der Waals surface area contributed by atoms with Crippen LogP contribution in [-0.4, -0.2) is 67.7 Å². The molecule has 1 aromatic rings. The van der Waals surface area contributed by atoms with Crippen LogP contribution in [0.5, 0.6) is 0 Å². The number of primary amides is 1. The van der Waals surface area contributed by atoms with Crippen LogP contribution in [0.3, 0.4) is 0 Å². The van der Waals surface area contributed by atoms with Crippen LogP contribution >= 0.6 is 0 Å². The van der Waals surface area contributed by atoms with Crippen molar-refractivity contribution in [2.24, 2.45) is 5.73 Å². The van der Waals surface area contributed by atoms with E-state index in [9.17, 15) is 4.79 Å². The molecule has 138 valence electrons. The zero-order valence-corrected chi connectivity index (χ0v) is 15.3. The number of nitrogens with zero attached hydrogens (tertiary/aromatic N) is 3. The predicted molar refractivity (Wildman–Crippen MR) is 102 cm³/mol. The molecule has 6 heteroatoms. The van der Waals surface area contributed by atoms with E-state index in [0.29, 0.717) is 6.04 Å². The second kappa shape index (κ2) is 8.54. The number of likely N-dealkylation sites (N-methyl/N-ethyl adjacent to an activating group) is 1. The van der Waals surface area contributed by atoms with E-state index in [-0.39, 0.29) is 6.03 Å². The summed E-state index contributed by atoms with van der Waals surface area (Å²) in [6.07, 6.45) is 1.95. The highest BCUT2D eigenvalue weighted by atomic mass is 16.2. The van der Waals surface area contributed by atoms with Crippen molar-refractivity contribution in [3.8, 4) is 0 Å². The molecule has 6 nitrogen and oxygen atoms in total.